The average Bonchev–Trinajstić information content (AvgIpc) is 2.59. The third kappa shape index (κ3) is 4.03. The number of nitrogens with one attached hydrogen (secondary N) is 2. The smallest absolute Gasteiger partial charge is 0.335 e. The van der Waals surface area contributed by atoms with Gasteiger partial charge in [0.05, 0.1) is 12.0 Å². The van der Waals surface area contributed by atoms with E-state index in [0.717, 1.165) is 11.3 Å². The molecule has 0 aromatic heterocycles. The van der Waals surface area contributed by atoms with E-state index in [1.807, 2.05) is 24.3 Å². The fraction of sp³-hybridized carbons (Fsp3) is 0.211. The maximum Gasteiger partial charge on any atom is 0.335 e. The van der Waals surface area contributed by atoms with Crippen LogP contribution in [-0.4, -0.2) is 29.4 Å². The molecule has 1 heterocycles. The quantitative estimate of drug-likeness (QED) is 0.778. The zero-order valence-electron chi connectivity index (χ0n) is 13.5. The number of aromatic carboxylic acids is 1. The monoisotopic (exact) mass is 338 g/mol. The lowest BCUT2D eigenvalue weighted by Crippen LogP contribution is -2.33. The molecule has 1 aliphatic rings. The summed E-state index contributed by atoms with van der Waals surface area (Å²) in [6.45, 7) is 0.363. The van der Waals surface area contributed by atoms with E-state index in [4.69, 9.17) is 5.11 Å². The Morgan fingerprint density at radius 2 is 1.96 bits per heavy atom. The molecule has 6 heteroatoms. The molecule has 0 spiro atoms. The molecule has 0 saturated heterocycles. The van der Waals surface area contributed by atoms with Crippen molar-refractivity contribution in [2.45, 2.75) is 18.8 Å². The number of para-hydroxylation sites is 1. The van der Waals surface area contributed by atoms with Crippen molar-refractivity contribution in [3.63, 3.8) is 0 Å². The first-order valence-corrected chi connectivity index (χ1v) is 8.00. The third-order valence-corrected chi connectivity index (χ3v) is 4.19. The SMILES string of the molecule is O=C(Cc1cccc(C(=O)O)c1)NCC1CC(=O)Nc2ccccc21. The van der Waals surface area contributed by atoms with E-state index in [2.05, 4.69) is 10.6 Å². The second-order valence-electron chi connectivity index (χ2n) is 6.02. The lowest BCUT2D eigenvalue weighted by Gasteiger charge is -2.25. The normalized spacial score (nSPS) is 15.8. The summed E-state index contributed by atoms with van der Waals surface area (Å²) in [5, 5.41) is 14.7. The average molecular weight is 338 g/mol. The lowest BCUT2D eigenvalue weighted by atomic mass is 9.90. The van der Waals surface area contributed by atoms with Crippen LogP contribution in [0.2, 0.25) is 0 Å². The molecule has 0 radical (unpaired) electrons. The van der Waals surface area contributed by atoms with Crippen molar-refractivity contribution in [2.24, 2.45) is 0 Å². The van der Waals surface area contributed by atoms with Crippen molar-refractivity contribution >= 4 is 23.5 Å². The molecule has 1 atom stereocenters. The first-order chi connectivity index (χ1) is 12.0. The van der Waals surface area contributed by atoms with Crippen molar-refractivity contribution in [3.8, 4) is 0 Å². The van der Waals surface area contributed by atoms with E-state index in [0.29, 0.717) is 18.5 Å². The Morgan fingerprint density at radius 1 is 1.16 bits per heavy atom. The summed E-state index contributed by atoms with van der Waals surface area (Å²) in [6, 6.07) is 13.9. The Hall–Kier alpha value is -3.15. The van der Waals surface area contributed by atoms with Crippen LogP contribution in [-0.2, 0) is 16.0 Å². The maximum absolute atomic E-state index is 12.2. The number of fused-ring (bicyclic) bond motifs is 1. The van der Waals surface area contributed by atoms with Gasteiger partial charge in [0.2, 0.25) is 11.8 Å². The van der Waals surface area contributed by atoms with Crippen LogP contribution in [0, 0.1) is 0 Å². The highest BCUT2D eigenvalue weighted by Crippen LogP contribution is 2.31. The number of hydrogen-bond donors (Lipinski definition) is 3. The predicted octanol–water partition coefficient (Wildman–Crippen LogP) is 2.17. The lowest BCUT2D eigenvalue weighted by molar-refractivity contribution is -0.121. The number of hydrogen-bond acceptors (Lipinski definition) is 3. The second kappa shape index (κ2) is 7.17. The summed E-state index contributed by atoms with van der Waals surface area (Å²) in [5.41, 5.74) is 2.59. The number of anilines is 1. The van der Waals surface area contributed by atoms with Crippen LogP contribution >= 0.6 is 0 Å². The van der Waals surface area contributed by atoms with Crippen molar-refractivity contribution in [1.29, 1.82) is 0 Å². The van der Waals surface area contributed by atoms with Gasteiger partial charge in [0.1, 0.15) is 0 Å². The first-order valence-electron chi connectivity index (χ1n) is 8.00. The molecule has 6 nitrogen and oxygen atoms in total. The molecular formula is C19H18N2O4. The van der Waals surface area contributed by atoms with Gasteiger partial charge in [-0.2, -0.15) is 0 Å². The van der Waals surface area contributed by atoms with Crippen molar-refractivity contribution in [1.82, 2.24) is 5.32 Å². The molecule has 0 fully saturated rings. The van der Waals surface area contributed by atoms with Crippen molar-refractivity contribution in [2.75, 3.05) is 11.9 Å². The van der Waals surface area contributed by atoms with Crippen molar-refractivity contribution < 1.29 is 19.5 Å². The number of carbonyl (C=O) groups excluding carboxylic acids is 2. The minimum Gasteiger partial charge on any atom is -0.478 e. The molecule has 0 bridgehead atoms. The highest BCUT2D eigenvalue weighted by atomic mass is 16.4. The minimum absolute atomic E-state index is 0.0629. The van der Waals surface area contributed by atoms with Crippen LogP contribution < -0.4 is 10.6 Å². The van der Waals surface area contributed by atoms with Crippen LogP contribution in [0.3, 0.4) is 0 Å². The number of carbonyl (C=O) groups is 3. The molecular weight excluding hydrogens is 320 g/mol. The van der Waals surface area contributed by atoms with Gasteiger partial charge in [0, 0.05) is 24.6 Å². The van der Waals surface area contributed by atoms with E-state index >= 15 is 0 Å². The Bertz CT molecular complexity index is 832. The molecule has 2 amide bonds. The number of carboxylic acids is 1. The number of rotatable bonds is 5. The van der Waals surface area contributed by atoms with Gasteiger partial charge < -0.3 is 15.7 Å². The summed E-state index contributed by atoms with van der Waals surface area (Å²) in [6.07, 6.45) is 0.424. The molecule has 1 unspecified atom stereocenters. The van der Waals surface area contributed by atoms with E-state index in [1.165, 1.54) is 12.1 Å². The highest BCUT2D eigenvalue weighted by Gasteiger charge is 2.24. The van der Waals surface area contributed by atoms with E-state index in [9.17, 15) is 14.4 Å². The maximum atomic E-state index is 12.2. The molecule has 25 heavy (non-hydrogen) atoms. The Labute approximate surface area is 144 Å². The molecule has 0 saturated carbocycles. The van der Waals surface area contributed by atoms with Gasteiger partial charge >= 0.3 is 5.97 Å². The number of amides is 2. The van der Waals surface area contributed by atoms with Crippen LogP contribution in [0.1, 0.15) is 33.8 Å². The van der Waals surface area contributed by atoms with E-state index < -0.39 is 5.97 Å². The number of benzene rings is 2. The van der Waals surface area contributed by atoms with Crippen LogP contribution in [0.5, 0.6) is 0 Å². The van der Waals surface area contributed by atoms with E-state index in [1.54, 1.807) is 12.1 Å². The van der Waals surface area contributed by atoms with Crippen molar-refractivity contribution in [3.05, 3.63) is 65.2 Å². The zero-order valence-corrected chi connectivity index (χ0v) is 13.5. The standard InChI is InChI=1S/C19H18N2O4/c22-17(9-12-4-3-5-13(8-12)19(24)25)20-11-14-10-18(23)21-16-7-2-1-6-15(14)16/h1-8,14H,9-11H2,(H,20,22)(H,21,23)(H,24,25). The topological polar surface area (TPSA) is 95.5 Å². The van der Waals surface area contributed by atoms with Crippen LogP contribution in [0.25, 0.3) is 0 Å². The Morgan fingerprint density at radius 3 is 2.76 bits per heavy atom. The zero-order chi connectivity index (χ0) is 17.8. The minimum atomic E-state index is -1.02. The summed E-state index contributed by atoms with van der Waals surface area (Å²) in [5.74, 6) is -1.36. The number of carboxylic acid groups (broad SMARTS) is 1. The summed E-state index contributed by atoms with van der Waals surface area (Å²) in [7, 11) is 0. The fourth-order valence-electron chi connectivity index (χ4n) is 2.98. The van der Waals surface area contributed by atoms with Crippen LogP contribution in [0.4, 0.5) is 5.69 Å². The molecule has 2 aromatic carbocycles. The van der Waals surface area contributed by atoms with E-state index in [-0.39, 0.29) is 29.7 Å². The van der Waals surface area contributed by atoms with Gasteiger partial charge in [-0.1, -0.05) is 30.3 Å². The molecule has 1 aliphatic heterocycles. The Kier molecular flexibility index (Phi) is 4.79. The molecule has 128 valence electrons. The Balaban J connectivity index is 1.62. The van der Waals surface area contributed by atoms with Gasteiger partial charge in [-0.3, -0.25) is 9.59 Å². The molecule has 3 N–H and O–H groups in total. The summed E-state index contributed by atoms with van der Waals surface area (Å²) in [4.78, 5) is 34.9. The van der Waals surface area contributed by atoms with Gasteiger partial charge in [-0.15, -0.1) is 0 Å². The highest BCUT2D eigenvalue weighted by molar-refractivity contribution is 5.94. The van der Waals surface area contributed by atoms with Gasteiger partial charge in [0.15, 0.2) is 0 Å². The first kappa shape index (κ1) is 16.7. The molecule has 0 aliphatic carbocycles. The summed E-state index contributed by atoms with van der Waals surface area (Å²) < 4.78 is 0. The summed E-state index contributed by atoms with van der Waals surface area (Å²) >= 11 is 0. The molecule has 2 aromatic rings. The predicted molar refractivity (Wildman–Crippen MR) is 92.5 cm³/mol. The van der Waals surface area contributed by atoms with Gasteiger partial charge in [-0.05, 0) is 29.3 Å². The second-order valence-corrected chi connectivity index (χ2v) is 6.02. The van der Waals surface area contributed by atoms with Crippen LogP contribution in [0.15, 0.2) is 48.5 Å². The largest absolute Gasteiger partial charge is 0.478 e. The fourth-order valence-corrected chi connectivity index (χ4v) is 2.98. The molecule has 3 rings (SSSR count). The van der Waals surface area contributed by atoms with Gasteiger partial charge in [-0.25, -0.2) is 4.79 Å². The van der Waals surface area contributed by atoms with Gasteiger partial charge in [0.25, 0.3) is 0 Å². The third-order valence-electron chi connectivity index (χ3n) is 4.19.